The molecule has 7 heteroatoms. The number of carbonyl (C=O) groups excluding carboxylic acids is 1. The number of nitrogens with one attached hydrogen (secondary N) is 2. The Hall–Kier alpha value is -4.31. The van der Waals surface area contributed by atoms with Gasteiger partial charge in [0.25, 0.3) is 0 Å². The molecule has 7 nitrogen and oxygen atoms in total. The number of hydrogen-bond donors (Lipinski definition) is 3. The summed E-state index contributed by atoms with van der Waals surface area (Å²) >= 11 is 0. The number of hydrogen-bond acceptors (Lipinski definition) is 6. The van der Waals surface area contributed by atoms with Crippen molar-refractivity contribution >= 4 is 28.3 Å². The molecule has 140 valence electrons. The van der Waals surface area contributed by atoms with E-state index in [0.717, 1.165) is 5.39 Å². The van der Waals surface area contributed by atoms with Crippen LogP contribution in [0.15, 0.2) is 81.3 Å². The average Bonchev–Trinajstić information content (AvgIpc) is 2.99. The van der Waals surface area contributed by atoms with Crippen LogP contribution in [0.1, 0.15) is 11.1 Å². The van der Waals surface area contributed by atoms with Gasteiger partial charge in [0.05, 0.1) is 16.8 Å². The molecule has 0 fully saturated rings. The molecule has 2 aliphatic heterocycles. The van der Waals surface area contributed by atoms with Gasteiger partial charge in [-0.05, 0) is 24.3 Å². The lowest BCUT2D eigenvalue weighted by Gasteiger charge is -2.30. The summed E-state index contributed by atoms with van der Waals surface area (Å²) in [6.45, 7) is 0. The third-order valence-corrected chi connectivity index (χ3v) is 5.30. The minimum Gasteiger partial charge on any atom is -0.422 e. The Morgan fingerprint density at radius 3 is 2.62 bits per heavy atom. The molecule has 1 amide bonds. The number of dihydropyridines is 1. The van der Waals surface area contributed by atoms with E-state index < -0.39 is 16.9 Å². The maximum absolute atomic E-state index is 13.1. The van der Waals surface area contributed by atoms with Crippen molar-refractivity contribution in [1.29, 1.82) is 5.26 Å². The zero-order valence-corrected chi connectivity index (χ0v) is 15.0. The number of anilines is 1. The Morgan fingerprint density at radius 1 is 1.03 bits per heavy atom. The minimum atomic E-state index is -1.42. The number of nitrogens with zero attached hydrogens (tertiary/aromatic N) is 1. The van der Waals surface area contributed by atoms with Gasteiger partial charge in [0.2, 0.25) is 5.91 Å². The number of rotatable bonds is 1. The SMILES string of the molecule is N#CC1=C(N)NC(c2cc3ccccc3oc2=O)=CC12C(=O)Nc1ccccc12. The van der Waals surface area contributed by atoms with Crippen LogP contribution in [-0.4, -0.2) is 5.91 Å². The molecule has 2 aromatic carbocycles. The van der Waals surface area contributed by atoms with Gasteiger partial charge >= 0.3 is 5.63 Å². The van der Waals surface area contributed by atoms with Crippen LogP contribution in [0, 0.1) is 11.3 Å². The summed E-state index contributed by atoms with van der Waals surface area (Å²) in [6.07, 6.45) is 1.57. The number of benzene rings is 2. The maximum Gasteiger partial charge on any atom is 0.345 e. The third-order valence-electron chi connectivity index (χ3n) is 5.30. The molecule has 5 rings (SSSR count). The number of amides is 1. The van der Waals surface area contributed by atoms with Crippen LogP contribution in [0.5, 0.6) is 0 Å². The molecule has 4 N–H and O–H groups in total. The molecule has 1 atom stereocenters. The van der Waals surface area contributed by atoms with Crippen LogP contribution in [-0.2, 0) is 10.2 Å². The fourth-order valence-corrected chi connectivity index (χ4v) is 3.96. The molecule has 0 bridgehead atoms. The third kappa shape index (κ3) is 2.23. The molecule has 0 saturated heterocycles. The first-order valence-corrected chi connectivity index (χ1v) is 8.89. The molecule has 1 unspecified atom stereocenters. The topological polar surface area (TPSA) is 121 Å². The molecular weight excluding hydrogens is 368 g/mol. The van der Waals surface area contributed by atoms with Gasteiger partial charge in [0.1, 0.15) is 22.9 Å². The highest BCUT2D eigenvalue weighted by Crippen LogP contribution is 2.47. The van der Waals surface area contributed by atoms with Crippen LogP contribution < -0.4 is 22.0 Å². The van der Waals surface area contributed by atoms with Gasteiger partial charge in [0.15, 0.2) is 0 Å². The Morgan fingerprint density at radius 2 is 1.79 bits per heavy atom. The fraction of sp³-hybridized carbons (Fsp3) is 0.0455. The minimum absolute atomic E-state index is 0.0180. The van der Waals surface area contributed by atoms with Crippen LogP contribution in [0.2, 0.25) is 0 Å². The van der Waals surface area contributed by atoms with Crippen LogP contribution in [0.4, 0.5) is 5.69 Å². The lowest BCUT2D eigenvalue weighted by Crippen LogP contribution is -2.42. The van der Waals surface area contributed by atoms with Crippen molar-refractivity contribution < 1.29 is 9.21 Å². The summed E-state index contributed by atoms with van der Waals surface area (Å²) in [6, 6.07) is 18.0. The second-order valence-corrected chi connectivity index (χ2v) is 6.88. The molecule has 1 spiro atoms. The molecular formula is C22H14N4O3. The van der Waals surface area contributed by atoms with E-state index in [-0.39, 0.29) is 17.0 Å². The Balaban J connectivity index is 1.80. The van der Waals surface area contributed by atoms with E-state index in [1.165, 1.54) is 0 Å². The molecule has 3 heterocycles. The van der Waals surface area contributed by atoms with E-state index in [1.807, 2.05) is 12.1 Å². The van der Waals surface area contributed by atoms with Gasteiger partial charge in [-0.1, -0.05) is 36.4 Å². The van der Waals surface area contributed by atoms with E-state index in [9.17, 15) is 14.9 Å². The normalized spacial score (nSPS) is 20.1. The zero-order chi connectivity index (χ0) is 20.2. The Bertz CT molecular complexity index is 1380. The van der Waals surface area contributed by atoms with Gasteiger partial charge in [-0.2, -0.15) is 5.26 Å². The Kier molecular flexibility index (Phi) is 3.39. The molecule has 1 aromatic heterocycles. The number of nitrogens with two attached hydrogens (primary N) is 1. The standard InChI is InChI=1S/C22H14N4O3/c23-11-15-19(24)25-17(13-9-12-5-1-4-8-18(12)29-20(13)27)10-22(15)14-6-2-3-7-16(14)26-21(22)28/h1-10,25H,24H2,(H,26,28). The lowest BCUT2D eigenvalue weighted by molar-refractivity contribution is -0.118. The highest BCUT2D eigenvalue weighted by Gasteiger charge is 2.51. The van der Waals surface area contributed by atoms with Gasteiger partial charge in [-0.3, -0.25) is 4.79 Å². The van der Waals surface area contributed by atoms with Crippen molar-refractivity contribution in [2.75, 3.05) is 5.32 Å². The first kappa shape index (κ1) is 16.8. The zero-order valence-electron chi connectivity index (χ0n) is 15.0. The Labute approximate surface area is 164 Å². The molecule has 29 heavy (non-hydrogen) atoms. The second kappa shape index (κ2) is 5.84. The number of fused-ring (bicyclic) bond motifs is 3. The van der Waals surface area contributed by atoms with Crippen molar-refractivity contribution in [3.8, 4) is 6.07 Å². The molecule has 0 aliphatic carbocycles. The summed E-state index contributed by atoms with van der Waals surface area (Å²) < 4.78 is 5.42. The smallest absolute Gasteiger partial charge is 0.345 e. The van der Waals surface area contributed by atoms with Crippen LogP contribution in [0.25, 0.3) is 16.7 Å². The molecule has 0 saturated carbocycles. The van der Waals surface area contributed by atoms with E-state index in [1.54, 1.807) is 48.5 Å². The van der Waals surface area contributed by atoms with Gasteiger partial charge in [-0.15, -0.1) is 0 Å². The number of para-hydroxylation sites is 2. The van der Waals surface area contributed by atoms with E-state index >= 15 is 0 Å². The van der Waals surface area contributed by atoms with E-state index in [0.29, 0.717) is 22.5 Å². The van der Waals surface area contributed by atoms with E-state index in [2.05, 4.69) is 16.7 Å². The fourth-order valence-electron chi connectivity index (χ4n) is 3.96. The van der Waals surface area contributed by atoms with Crippen molar-refractivity contribution in [1.82, 2.24) is 5.32 Å². The highest BCUT2D eigenvalue weighted by molar-refractivity contribution is 6.12. The van der Waals surface area contributed by atoms with Crippen LogP contribution >= 0.6 is 0 Å². The second-order valence-electron chi connectivity index (χ2n) is 6.88. The summed E-state index contributed by atoms with van der Waals surface area (Å²) in [5, 5.41) is 16.2. The first-order valence-electron chi connectivity index (χ1n) is 8.89. The van der Waals surface area contributed by atoms with Gasteiger partial charge in [0, 0.05) is 16.6 Å². The summed E-state index contributed by atoms with van der Waals surface area (Å²) in [7, 11) is 0. The monoisotopic (exact) mass is 382 g/mol. The number of nitriles is 1. The molecule has 3 aromatic rings. The van der Waals surface area contributed by atoms with Crippen molar-refractivity contribution in [3.05, 3.63) is 93.6 Å². The summed E-state index contributed by atoms with van der Waals surface area (Å²) in [5.74, 6) is -0.383. The molecule has 2 aliphatic rings. The van der Waals surface area contributed by atoms with Gasteiger partial charge < -0.3 is 20.8 Å². The number of carbonyl (C=O) groups is 1. The predicted octanol–water partition coefficient (Wildman–Crippen LogP) is 2.32. The van der Waals surface area contributed by atoms with E-state index in [4.69, 9.17) is 10.2 Å². The highest BCUT2D eigenvalue weighted by atomic mass is 16.4. The maximum atomic E-state index is 13.1. The van der Waals surface area contributed by atoms with Crippen molar-refractivity contribution in [2.45, 2.75) is 5.41 Å². The summed E-state index contributed by atoms with van der Waals surface area (Å²) in [4.78, 5) is 25.7. The quantitative estimate of drug-likeness (QED) is 0.556. The predicted molar refractivity (Wildman–Crippen MR) is 107 cm³/mol. The average molecular weight is 382 g/mol. The molecule has 0 radical (unpaired) electrons. The van der Waals surface area contributed by atoms with Crippen molar-refractivity contribution in [3.63, 3.8) is 0 Å². The van der Waals surface area contributed by atoms with Crippen LogP contribution in [0.3, 0.4) is 0 Å². The van der Waals surface area contributed by atoms with Crippen molar-refractivity contribution in [2.24, 2.45) is 5.73 Å². The lowest BCUT2D eigenvalue weighted by atomic mass is 9.73. The largest absolute Gasteiger partial charge is 0.422 e. The first-order chi connectivity index (χ1) is 14.0. The van der Waals surface area contributed by atoms with Gasteiger partial charge in [-0.25, -0.2) is 4.79 Å². The summed E-state index contributed by atoms with van der Waals surface area (Å²) in [5.41, 5.74) is 6.42.